The summed E-state index contributed by atoms with van der Waals surface area (Å²) in [5.74, 6) is 1.52. The van der Waals surface area contributed by atoms with Crippen LogP contribution < -0.4 is 19.5 Å². The zero-order valence-electron chi connectivity index (χ0n) is 15.6. The number of carbonyl (C=O) groups is 1. The Balaban J connectivity index is 1.58. The molecule has 0 atom stereocenters. The lowest BCUT2D eigenvalue weighted by molar-refractivity contribution is -0.120. The van der Waals surface area contributed by atoms with E-state index in [0.29, 0.717) is 30.2 Å². The van der Waals surface area contributed by atoms with E-state index in [-0.39, 0.29) is 12.3 Å². The van der Waals surface area contributed by atoms with Crippen molar-refractivity contribution in [2.24, 2.45) is 0 Å². The third-order valence-corrected chi connectivity index (χ3v) is 5.18. The maximum atomic E-state index is 12.3. The molecule has 0 fully saturated rings. The first-order chi connectivity index (χ1) is 13.1. The fourth-order valence-electron chi connectivity index (χ4n) is 2.82. The molecule has 0 saturated heterocycles. The van der Waals surface area contributed by atoms with Gasteiger partial charge in [0.15, 0.2) is 11.5 Å². The van der Waals surface area contributed by atoms with Crippen LogP contribution in [0.3, 0.4) is 0 Å². The van der Waals surface area contributed by atoms with Crippen molar-refractivity contribution >= 4 is 27.5 Å². The molecule has 27 heavy (non-hydrogen) atoms. The first-order valence-electron chi connectivity index (χ1n) is 8.54. The topological polar surface area (TPSA) is 69.7 Å². The van der Waals surface area contributed by atoms with Crippen molar-refractivity contribution in [3.63, 3.8) is 0 Å². The summed E-state index contributed by atoms with van der Waals surface area (Å²) < 4.78 is 17.1. The molecular weight excluding hydrogens is 364 g/mol. The minimum Gasteiger partial charge on any atom is -0.493 e. The fourth-order valence-corrected chi connectivity index (χ4v) is 3.79. The number of aromatic nitrogens is 1. The van der Waals surface area contributed by atoms with Crippen molar-refractivity contribution in [3.8, 4) is 17.2 Å². The maximum Gasteiger partial charge on any atom is 0.224 e. The second-order valence-corrected chi connectivity index (χ2v) is 7.00. The molecule has 7 heteroatoms. The normalized spacial score (nSPS) is 10.6. The van der Waals surface area contributed by atoms with Crippen LogP contribution in [0.15, 0.2) is 36.4 Å². The van der Waals surface area contributed by atoms with E-state index >= 15 is 0 Å². The quantitative estimate of drug-likeness (QED) is 0.644. The van der Waals surface area contributed by atoms with Gasteiger partial charge in [-0.1, -0.05) is 12.1 Å². The van der Waals surface area contributed by atoms with Crippen LogP contribution in [0.4, 0.5) is 0 Å². The molecule has 2 aromatic carbocycles. The van der Waals surface area contributed by atoms with Crippen molar-refractivity contribution < 1.29 is 19.0 Å². The summed E-state index contributed by atoms with van der Waals surface area (Å²) in [5, 5.41) is 3.96. The molecule has 0 bridgehead atoms. The highest BCUT2D eigenvalue weighted by atomic mass is 32.1. The van der Waals surface area contributed by atoms with Gasteiger partial charge in [0.2, 0.25) is 11.7 Å². The molecule has 0 saturated carbocycles. The average Bonchev–Trinajstić information content (AvgIpc) is 3.09. The second-order valence-electron chi connectivity index (χ2n) is 5.89. The molecule has 0 radical (unpaired) electrons. The summed E-state index contributed by atoms with van der Waals surface area (Å²) in [6.07, 6.45) is 0.941. The Morgan fingerprint density at radius 3 is 2.41 bits per heavy atom. The zero-order valence-corrected chi connectivity index (χ0v) is 16.4. The van der Waals surface area contributed by atoms with Crippen LogP contribution in [-0.2, 0) is 17.6 Å². The highest BCUT2D eigenvalue weighted by Gasteiger charge is 2.15. The molecule has 1 aromatic heterocycles. The van der Waals surface area contributed by atoms with Gasteiger partial charge < -0.3 is 19.5 Å². The number of fused-ring (bicyclic) bond motifs is 1. The average molecular weight is 386 g/mol. The van der Waals surface area contributed by atoms with E-state index in [2.05, 4.69) is 16.4 Å². The third kappa shape index (κ3) is 4.49. The van der Waals surface area contributed by atoms with Gasteiger partial charge in [-0.05, 0) is 29.8 Å². The Kier molecular flexibility index (Phi) is 6.13. The molecule has 0 aliphatic rings. The van der Waals surface area contributed by atoms with Crippen LogP contribution in [-0.4, -0.2) is 38.8 Å². The predicted octanol–water partition coefficient (Wildman–Crippen LogP) is 3.22. The molecule has 6 nitrogen and oxygen atoms in total. The number of rotatable bonds is 8. The van der Waals surface area contributed by atoms with Crippen LogP contribution in [0.2, 0.25) is 0 Å². The van der Waals surface area contributed by atoms with Crippen LogP contribution in [0.5, 0.6) is 17.2 Å². The van der Waals surface area contributed by atoms with E-state index in [1.807, 2.05) is 18.2 Å². The van der Waals surface area contributed by atoms with E-state index in [1.54, 1.807) is 44.8 Å². The number of nitrogens with one attached hydrogen (secondary N) is 1. The van der Waals surface area contributed by atoms with E-state index < -0.39 is 0 Å². The lowest BCUT2D eigenvalue weighted by Gasteiger charge is -2.14. The molecule has 1 amide bonds. The molecule has 1 heterocycles. The smallest absolute Gasteiger partial charge is 0.224 e. The largest absolute Gasteiger partial charge is 0.493 e. The van der Waals surface area contributed by atoms with Crippen molar-refractivity contribution in [3.05, 3.63) is 47.0 Å². The van der Waals surface area contributed by atoms with Crippen LogP contribution >= 0.6 is 11.3 Å². The van der Waals surface area contributed by atoms with Gasteiger partial charge in [-0.15, -0.1) is 11.3 Å². The van der Waals surface area contributed by atoms with Gasteiger partial charge in [-0.25, -0.2) is 4.98 Å². The molecule has 0 unspecified atom stereocenters. The third-order valence-electron chi connectivity index (χ3n) is 4.09. The van der Waals surface area contributed by atoms with Crippen LogP contribution in [0, 0.1) is 0 Å². The molecule has 3 aromatic rings. The van der Waals surface area contributed by atoms with Gasteiger partial charge in [-0.2, -0.15) is 0 Å². The molecule has 142 valence electrons. The summed E-state index contributed by atoms with van der Waals surface area (Å²) in [7, 11) is 4.66. The van der Waals surface area contributed by atoms with E-state index in [1.165, 1.54) is 0 Å². The van der Waals surface area contributed by atoms with Gasteiger partial charge in [-0.3, -0.25) is 4.79 Å². The zero-order chi connectivity index (χ0) is 19.2. The molecular formula is C20H22N2O4S. The first-order valence-corrected chi connectivity index (χ1v) is 9.36. The lowest BCUT2D eigenvalue weighted by atomic mass is 10.1. The Morgan fingerprint density at radius 2 is 1.78 bits per heavy atom. The Bertz CT molecular complexity index is 881. The summed E-state index contributed by atoms with van der Waals surface area (Å²) in [6.45, 7) is 0.545. The fraction of sp³-hybridized carbons (Fsp3) is 0.300. The van der Waals surface area contributed by atoms with Gasteiger partial charge >= 0.3 is 0 Å². The van der Waals surface area contributed by atoms with Crippen molar-refractivity contribution in [1.82, 2.24) is 10.3 Å². The van der Waals surface area contributed by atoms with Gasteiger partial charge in [0.1, 0.15) is 0 Å². The standard InChI is InChI=1S/C20H22N2O4S/c1-24-15-10-13(11-16(25-2)20(15)26-3)12-18(23)21-9-8-19-22-14-6-4-5-7-17(14)27-19/h4-7,10-11H,8-9,12H2,1-3H3,(H,21,23). The molecule has 0 aliphatic carbocycles. The number of amides is 1. The van der Waals surface area contributed by atoms with Crippen molar-refractivity contribution in [1.29, 1.82) is 0 Å². The maximum absolute atomic E-state index is 12.3. The Labute approximate surface area is 162 Å². The lowest BCUT2D eigenvalue weighted by Crippen LogP contribution is -2.27. The summed E-state index contributed by atoms with van der Waals surface area (Å²) in [4.78, 5) is 16.9. The van der Waals surface area contributed by atoms with Gasteiger partial charge in [0.25, 0.3) is 0 Å². The number of carbonyl (C=O) groups excluding carboxylic acids is 1. The van der Waals surface area contributed by atoms with E-state index in [0.717, 1.165) is 20.8 Å². The molecule has 3 rings (SSSR count). The number of benzene rings is 2. The predicted molar refractivity (Wildman–Crippen MR) is 106 cm³/mol. The highest BCUT2D eigenvalue weighted by molar-refractivity contribution is 7.18. The minimum atomic E-state index is -0.0645. The number of thiazole rings is 1. The number of hydrogen-bond acceptors (Lipinski definition) is 6. The van der Waals surface area contributed by atoms with E-state index in [9.17, 15) is 4.79 Å². The van der Waals surface area contributed by atoms with Crippen molar-refractivity contribution in [2.45, 2.75) is 12.8 Å². The van der Waals surface area contributed by atoms with Gasteiger partial charge in [0, 0.05) is 13.0 Å². The first kappa shape index (κ1) is 19.0. The summed E-state index contributed by atoms with van der Waals surface area (Å²) in [6, 6.07) is 11.6. The monoisotopic (exact) mass is 386 g/mol. The number of para-hydroxylation sites is 1. The minimum absolute atomic E-state index is 0.0645. The van der Waals surface area contributed by atoms with E-state index in [4.69, 9.17) is 14.2 Å². The number of ether oxygens (including phenoxy) is 3. The molecule has 1 N–H and O–H groups in total. The molecule has 0 aliphatic heterocycles. The highest BCUT2D eigenvalue weighted by Crippen LogP contribution is 2.38. The SMILES string of the molecule is COc1cc(CC(=O)NCCc2nc3ccccc3s2)cc(OC)c1OC. The van der Waals surface area contributed by atoms with Gasteiger partial charge in [0.05, 0.1) is 43.0 Å². The summed E-state index contributed by atoms with van der Waals surface area (Å²) >= 11 is 1.66. The Hall–Kier alpha value is -2.80. The number of methoxy groups -OCH3 is 3. The van der Waals surface area contributed by atoms with Crippen molar-refractivity contribution in [2.75, 3.05) is 27.9 Å². The Morgan fingerprint density at radius 1 is 1.07 bits per heavy atom. The molecule has 0 spiro atoms. The number of nitrogens with zero attached hydrogens (tertiary/aromatic N) is 1. The second kappa shape index (κ2) is 8.73. The van der Waals surface area contributed by atoms with Crippen LogP contribution in [0.25, 0.3) is 10.2 Å². The van der Waals surface area contributed by atoms with Crippen LogP contribution in [0.1, 0.15) is 10.6 Å². The number of hydrogen-bond donors (Lipinski definition) is 1. The summed E-state index contributed by atoms with van der Waals surface area (Å²) in [5.41, 5.74) is 1.79.